The molecule has 0 unspecified atom stereocenters. The highest BCUT2D eigenvalue weighted by molar-refractivity contribution is 6.32. The van der Waals surface area contributed by atoms with E-state index in [2.05, 4.69) is 47.3 Å². The Morgan fingerprint density at radius 2 is 1.72 bits per heavy atom. The predicted molar refractivity (Wildman–Crippen MR) is 212 cm³/mol. The van der Waals surface area contributed by atoms with Crippen LogP contribution >= 0.6 is 11.6 Å². The number of ether oxygens (including phenoxy) is 1. The second-order valence-corrected chi connectivity index (χ2v) is 16.1. The minimum Gasteiger partial charge on any atom is -0.453 e. The number of amides is 4. The van der Waals surface area contributed by atoms with Crippen LogP contribution < -0.4 is 15.0 Å². The maximum atomic E-state index is 13.5. The number of pyridine rings is 1. The third-order valence-electron chi connectivity index (χ3n) is 11.8. The number of piperazine rings is 1. The van der Waals surface area contributed by atoms with Crippen LogP contribution in [-0.4, -0.2) is 122 Å². The van der Waals surface area contributed by atoms with Crippen molar-refractivity contribution in [3.05, 3.63) is 82.8 Å². The molecular formula is C41H43ClN10O5. The summed E-state index contributed by atoms with van der Waals surface area (Å²) in [6.45, 7) is 7.87. The Hall–Kier alpha value is -5.80. The molecule has 4 aliphatic rings. The van der Waals surface area contributed by atoms with Crippen molar-refractivity contribution in [1.82, 2.24) is 44.7 Å². The van der Waals surface area contributed by atoms with Gasteiger partial charge in [-0.15, -0.1) is 0 Å². The largest absolute Gasteiger partial charge is 0.453 e. The van der Waals surface area contributed by atoms with Gasteiger partial charge in [0.2, 0.25) is 17.7 Å². The molecule has 4 saturated heterocycles. The lowest BCUT2D eigenvalue weighted by molar-refractivity contribution is -0.134. The van der Waals surface area contributed by atoms with Crippen LogP contribution in [0.1, 0.15) is 46.8 Å². The highest BCUT2D eigenvalue weighted by atomic mass is 35.5. The van der Waals surface area contributed by atoms with Gasteiger partial charge in [0.05, 0.1) is 29.9 Å². The fraction of sp³-hybridized carbons (Fsp3) is 0.390. The number of H-pyrrole nitrogens is 1. The van der Waals surface area contributed by atoms with Crippen molar-refractivity contribution in [3.63, 3.8) is 0 Å². The molecule has 0 aliphatic carbocycles. The van der Waals surface area contributed by atoms with Gasteiger partial charge in [-0.3, -0.25) is 34.1 Å². The number of imide groups is 1. The number of carbonyl (C=O) groups is 4. The highest BCUT2D eigenvalue weighted by Gasteiger charge is 2.49. The van der Waals surface area contributed by atoms with Crippen LogP contribution in [0, 0.1) is 12.3 Å². The molecule has 2 aromatic carbocycles. The number of piperidine rings is 1. The number of benzene rings is 2. The first kappa shape index (κ1) is 36.8. The van der Waals surface area contributed by atoms with E-state index in [0.29, 0.717) is 84.6 Å². The minimum atomic E-state index is -0.288. The molecule has 0 bridgehead atoms. The molecule has 1 atom stereocenters. The number of imidazole rings is 1. The Kier molecular flexibility index (Phi) is 9.44. The van der Waals surface area contributed by atoms with Crippen LogP contribution in [0.5, 0.6) is 11.5 Å². The van der Waals surface area contributed by atoms with E-state index in [-0.39, 0.29) is 35.0 Å². The molecule has 57 heavy (non-hydrogen) atoms. The summed E-state index contributed by atoms with van der Waals surface area (Å²) in [5, 5.41) is 7.16. The summed E-state index contributed by atoms with van der Waals surface area (Å²) in [6, 6.07) is 15.1. The minimum absolute atomic E-state index is 0.0662. The van der Waals surface area contributed by atoms with Crippen molar-refractivity contribution in [1.29, 1.82) is 0 Å². The van der Waals surface area contributed by atoms with Crippen LogP contribution in [0.15, 0.2) is 60.9 Å². The lowest BCUT2D eigenvalue weighted by atomic mass is 9.78. The number of hydrogen-bond donors (Lipinski definition) is 2. The molecule has 16 heteroatoms. The molecule has 4 amide bonds. The van der Waals surface area contributed by atoms with E-state index in [1.165, 1.54) is 6.20 Å². The molecular weight excluding hydrogens is 748 g/mol. The molecule has 0 radical (unpaired) electrons. The van der Waals surface area contributed by atoms with Crippen molar-refractivity contribution in [2.75, 3.05) is 63.8 Å². The zero-order valence-electron chi connectivity index (χ0n) is 31.8. The molecule has 2 N–H and O–H groups in total. The standard InChI is InChI=1S/C41H43ClN10O5/c1-25-31(20-48(2)47-25)37-45-35-36(32(42)19-43-38(35)46-37)57-29-9-5-27(6-10-29)40(56)50-17-15-49(16-18-50)21-34(54)51-14-13-41(22-51)23-52(24-41)28-7-3-26(4-8-28)30-11-12-33(53)44-39(30)55/h3-10,19-20,30H,11-18,21-24H2,1-2H3,(H,43,45,46)(H,44,53,55)/t30-/m0/s1. The van der Waals surface area contributed by atoms with Gasteiger partial charge in [-0.1, -0.05) is 23.7 Å². The lowest BCUT2D eigenvalue weighted by Gasteiger charge is -2.49. The lowest BCUT2D eigenvalue weighted by Crippen LogP contribution is -2.58. The summed E-state index contributed by atoms with van der Waals surface area (Å²) in [5.74, 6) is 0.868. The Balaban J connectivity index is 0.742. The average Bonchev–Trinajstić information content (AvgIpc) is 3.93. The number of nitrogens with one attached hydrogen (secondary N) is 2. The molecule has 4 aliphatic heterocycles. The summed E-state index contributed by atoms with van der Waals surface area (Å²) in [6.07, 6.45) is 5.27. The van der Waals surface area contributed by atoms with Crippen molar-refractivity contribution in [2.45, 2.75) is 32.1 Å². The van der Waals surface area contributed by atoms with Gasteiger partial charge in [0.25, 0.3) is 5.91 Å². The summed E-state index contributed by atoms with van der Waals surface area (Å²) in [7, 11) is 1.85. The number of aromatic amines is 1. The molecule has 15 nitrogen and oxygen atoms in total. The van der Waals surface area contributed by atoms with Crippen molar-refractivity contribution in [2.24, 2.45) is 12.5 Å². The number of carbonyl (C=O) groups excluding carboxylic acids is 4. The zero-order valence-corrected chi connectivity index (χ0v) is 32.6. The quantitative estimate of drug-likeness (QED) is 0.219. The van der Waals surface area contributed by atoms with Gasteiger partial charge in [0.15, 0.2) is 11.4 Å². The smallest absolute Gasteiger partial charge is 0.253 e. The van der Waals surface area contributed by atoms with Crippen molar-refractivity contribution in [3.8, 4) is 22.9 Å². The molecule has 3 aromatic heterocycles. The maximum absolute atomic E-state index is 13.5. The van der Waals surface area contributed by atoms with E-state index in [9.17, 15) is 19.2 Å². The number of hydrogen-bond acceptors (Lipinski definition) is 10. The van der Waals surface area contributed by atoms with Crippen LogP contribution in [0.4, 0.5) is 5.69 Å². The molecule has 294 valence electrons. The number of halogens is 1. The van der Waals surface area contributed by atoms with Gasteiger partial charge in [-0.05, 0) is 61.7 Å². The number of anilines is 1. The van der Waals surface area contributed by atoms with Crippen LogP contribution in [0.2, 0.25) is 5.02 Å². The summed E-state index contributed by atoms with van der Waals surface area (Å²) < 4.78 is 7.93. The molecule has 7 heterocycles. The SMILES string of the molecule is Cc1nn(C)cc1-c1nc2ncc(Cl)c(Oc3ccc(C(=O)N4CCN(CC(=O)N5CCC6(C5)CN(c5ccc([C@@H]7CCC(=O)NC7=O)cc5)C6)CC4)cc3)c2[nH]1. The second kappa shape index (κ2) is 14.6. The van der Waals surface area contributed by atoms with Gasteiger partial charge < -0.3 is 24.4 Å². The number of likely N-dealkylation sites (tertiary alicyclic amines) is 1. The average molecular weight is 791 g/mol. The number of nitrogens with zero attached hydrogens (tertiary/aromatic N) is 8. The Bertz CT molecular complexity index is 2380. The van der Waals surface area contributed by atoms with Crippen molar-refractivity contribution < 1.29 is 23.9 Å². The summed E-state index contributed by atoms with van der Waals surface area (Å²) in [4.78, 5) is 71.2. The van der Waals surface area contributed by atoms with E-state index in [1.54, 1.807) is 28.9 Å². The van der Waals surface area contributed by atoms with Gasteiger partial charge in [0, 0.05) is 88.7 Å². The second-order valence-electron chi connectivity index (χ2n) is 15.7. The van der Waals surface area contributed by atoms with Crippen molar-refractivity contribution >= 4 is 52.1 Å². The van der Waals surface area contributed by atoms with E-state index in [4.69, 9.17) is 16.3 Å². The summed E-state index contributed by atoms with van der Waals surface area (Å²) >= 11 is 6.53. The number of aryl methyl sites for hydroxylation is 2. The van der Waals surface area contributed by atoms with E-state index < -0.39 is 0 Å². The van der Waals surface area contributed by atoms with Crippen LogP contribution in [-0.2, 0) is 21.4 Å². The number of rotatable bonds is 8. The fourth-order valence-corrected chi connectivity index (χ4v) is 8.80. The highest BCUT2D eigenvalue weighted by Crippen LogP contribution is 2.42. The third-order valence-corrected chi connectivity index (χ3v) is 12.0. The molecule has 5 aromatic rings. The van der Waals surface area contributed by atoms with E-state index in [0.717, 1.165) is 55.1 Å². The molecule has 0 saturated carbocycles. The first-order valence-corrected chi connectivity index (χ1v) is 19.7. The summed E-state index contributed by atoms with van der Waals surface area (Å²) in [5.41, 5.74) is 5.39. The normalized spacial score (nSPS) is 19.6. The number of fused-ring (bicyclic) bond motifs is 1. The van der Waals surface area contributed by atoms with E-state index >= 15 is 0 Å². The van der Waals surface area contributed by atoms with Gasteiger partial charge >= 0.3 is 0 Å². The van der Waals surface area contributed by atoms with Crippen LogP contribution in [0.3, 0.4) is 0 Å². The first-order valence-electron chi connectivity index (χ1n) is 19.3. The van der Waals surface area contributed by atoms with Gasteiger partial charge in [-0.25, -0.2) is 9.97 Å². The Morgan fingerprint density at radius 1 is 0.965 bits per heavy atom. The van der Waals surface area contributed by atoms with Gasteiger partial charge in [-0.2, -0.15) is 5.10 Å². The molecule has 1 spiro atoms. The monoisotopic (exact) mass is 790 g/mol. The molecule has 4 fully saturated rings. The Labute approximate surface area is 333 Å². The first-order chi connectivity index (χ1) is 27.5. The third kappa shape index (κ3) is 7.21. The Morgan fingerprint density at radius 3 is 2.42 bits per heavy atom. The maximum Gasteiger partial charge on any atom is 0.253 e. The zero-order chi connectivity index (χ0) is 39.4. The fourth-order valence-electron chi connectivity index (χ4n) is 8.62. The van der Waals surface area contributed by atoms with Gasteiger partial charge in [0.1, 0.15) is 22.1 Å². The van der Waals surface area contributed by atoms with Crippen LogP contribution in [0.25, 0.3) is 22.6 Å². The number of aromatic nitrogens is 5. The topological polar surface area (TPSA) is 162 Å². The molecule has 9 rings (SSSR count). The predicted octanol–water partition coefficient (Wildman–Crippen LogP) is 4.13. The van der Waals surface area contributed by atoms with E-state index in [1.807, 2.05) is 42.1 Å².